The van der Waals surface area contributed by atoms with Crippen LogP contribution in [0.15, 0.2) is 60.7 Å². The molecule has 0 amide bonds. The SMILES string of the molecule is N[C@H](CC[N+](Cc1ccccc1)(C(F)(F)F)C(F)(F)F)Cc1ccccc1. The van der Waals surface area contributed by atoms with E-state index in [0.29, 0.717) is 0 Å². The summed E-state index contributed by atoms with van der Waals surface area (Å²) in [6, 6.07) is 14.8. The van der Waals surface area contributed by atoms with E-state index < -0.39 is 42.6 Å². The first-order valence-electron chi connectivity index (χ1n) is 8.39. The topological polar surface area (TPSA) is 26.0 Å². The van der Waals surface area contributed by atoms with Crippen LogP contribution in [0.3, 0.4) is 0 Å². The molecule has 0 bridgehead atoms. The Morgan fingerprint density at radius 3 is 1.63 bits per heavy atom. The summed E-state index contributed by atoms with van der Waals surface area (Å²) >= 11 is 0. The highest BCUT2D eigenvalue weighted by atomic mass is 19.4. The lowest BCUT2D eigenvalue weighted by Gasteiger charge is -2.39. The Hall–Kier alpha value is -2.06. The maximum absolute atomic E-state index is 13.6. The summed E-state index contributed by atoms with van der Waals surface area (Å²) in [6.07, 6.45) is -11.2. The number of hydrogen-bond acceptors (Lipinski definition) is 1. The first-order chi connectivity index (χ1) is 12.6. The van der Waals surface area contributed by atoms with E-state index in [2.05, 4.69) is 0 Å². The van der Waals surface area contributed by atoms with Gasteiger partial charge in [-0.25, -0.2) is 0 Å². The minimum Gasteiger partial charge on any atom is -0.327 e. The van der Waals surface area contributed by atoms with Gasteiger partial charge in [-0.2, -0.15) is 0 Å². The van der Waals surface area contributed by atoms with Crippen molar-refractivity contribution < 1.29 is 30.8 Å². The van der Waals surface area contributed by atoms with Crippen molar-refractivity contribution in [2.24, 2.45) is 5.73 Å². The summed E-state index contributed by atoms with van der Waals surface area (Å²) in [7, 11) is 0. The second-order valence-corrected chi connectivity index (χ2v) is 6.51. The zero-order valence-electron chi connectivity index (χ0n) is 14.5. The smallest absolute Gasteiger partial charge is 0.327 e. The molecule has 0 spiro atoms. The van der Waals surface area contributed by atoms with Crippen molar-refractivity contribution in [3.8, 4) is 0 Å². The van der Waals surface area contributed by atoms with Gasteiger partial charge in [-0.3, -0.25) is 0 Å². The minimum atomic E-state index is -5.50. The van der Waals surface area contributed by atoms with Gasteiger partial charge in [-0.15, -0.1) is 30.8 Å². The molecule has 2 N–H and O–H groups in total. The molecule has 8 heteroatoms. The van der Waals surface area contributed by atoms with E-state index in [1.165, 1.54) is 30.3 Å². The monoisotopic (exact) mass is 391 g/mol. The molecule has 1 atom stereocenters. The molecule has 0 fully saturated rings. The molecule has 0 aliphatic heterocycles. The number of nitrogens with zero attached hydrogens (tertiary/aromatic N) is 1. The van der Waals surface area contributed by atoms with Gasteiger partial charge in [-0.05, 0) is 12.0 Å². The lowest BCUT2D eigenvalue weighted by atomic mass is 10.0. The normalized spacial score (nSPS) is 14.2. The fraction of sp³-hybridized carbons (Fsp3) is 0.368. The Balaban J connectivity index is 2.23. The molecule has 0 aliphatic carbocycles. The van der Waals surface area contributed by atoms with Gasteiger partial charge < -0.3 is 5.73 Å². The predicted octanol–water partition coefficient (Wildman–Crippen LogP) is 5.00. The van der Waals surface area contributed by atoms with Crippen LogP contribution in [-0.2, 0) is 13.0 Å². The van der Waals surface area contributed by atoms with Crippen LogP contribution in [0.25, 0.3) is 0 Å². The van der Waals surface area contributed by atoms with Crippen LogP contribution in [-0.4, -0.2) is 29.7 Å². The third-order valence-corrected chi connectivity index (χ3v) is 4.49. The van der Waals surface area contributed by atoms with E-state index in [1.807, 2.05) is 0 Å². The van der Waals surface area contributed by atoms with E-state index in [4.69, 9.17) is 5.73 Å². The number of halogens is 6. The highest BCUT2D eigenvalue weighted by Gasteiger charge is 2.70. The van der Waals surface area contributed by atoms with Crippen molar-refractivity contribution in [3.05, 3.63) is 71.8 Å². The molecular formula is C19H21F6N2+. The number of hydrogen-bond donors (Lipinski definition) is 1. The van der Waals surface area contributed by atoms with Crippen LogP contribution in [0, 0.1) is 0 Å². The first-order valence-corrected chi connectivity index (χ1v) is 8.39. The van der Waals surface area contributed by atoms with E-state index in [9.17, 15) is 26.3 Å². The van der Waals surface area contributed by atoms with Crippen LogP contribution in [0.2, 0.25) is 0 Å². The molecule has 2 nitrogen and oxygen atoms in total. The van der Waals surface area contributed by atoms with Gasteiger partial charge in [0.25, 0.3) is 0 Å². The fourth-order valence-corrected chi connectivity index (χ4v) is 2.96. The Bertz CT molecular complexity index is 684. The molecule has 2 aromatic rings. The number of nitrogens with two attached hydrogens (primary N) is 1. The standard InChI is InChI=1S/C19H21F6N2/c20-18(21,22)27(19(23,24)25,14-16-9-5-2-6-10-16)12-11-17(26)13-15-7-3-1-4-8-15/h1-10,17H,11-14,26H2/q+1/t17-/m1/s1. The van der Waals surface area contributed by atoms with Gasteiger partial charge in [0.15, 0.2) is 0 Å². The summed E-state index contributed by atoms with van der Waals surface area (Å²) in [5.74, 6) is 0. The molecule has 27 heavy (non-hydrogen) atoms. The summed E-state index contributed by atoms with van der Waals surface area (Å²) in [5.41, 5.74) is 6.58. The van der Waals surface area contributed by atoms with Gasteiger partial charge in [0, 0.05) is 18.0 Å². The van der Waals surface area contributed by atoms with Crippen molar-refractivity contribution in [1.82, 2.24) is 0 Å². The van der Waals surface area contributed by atoms with Crippen LogP contribution in [0.5, 0.6) is 0 Å². The van der Waals surface area contributed by atoms with E-state index in [1.54, 1.807) is 30.3 Å². The number of quaternary nitrogens is 1. The third-order valence-electron chi connectivity index (χ3n) is 4.49. The van der Waals surface area contributed by atoms with Crippen LogP contribution >= 0.6 is 0 Å². The summed E-state index contributed by atoms with van der Waals surface area (Å²) < 4.78 is 78.9. The average Bonchev–Trinajstić information content (AvgIpc) is 2.58. The molecule has 148 valence electrons. The fourth-order valence-electron chi connectivity index (χ4n) is 2.96. The second-order valence-electron chi connectivity index (χ2n) is 6.51. The highest BCUT2D eigenvalue weighted by molar-refractivity contribution is 5.16. The molecular weight excluding hydrogens is 370 g/mol. The predicted molar refractivity (Wildman–Crippen MR) is 90.1 cm³/mol. The van der Waals surface area contributed by atoms with Gasteiger partial charge in [0.1, 0.15) is 6.54 Å². The van der Waals surface area contributed by atoms with E-state index in [-0.39, 0.29) is 12.0 Å². The van der Waals surface area contributed by atoms with Crippen molar-refractivity contribution in [1.29, 1.82) is 0 Å². The molecule has 0 unspecified atom stereocenters. The lowest BCUT2D eigenvalue weighted by Crippen LogP contribution is -2.66. The maximum atomic E-state index is 13.6. The molecule has 2 rings (SSSR count). The van der Waals surface area contributed by atoms with Gasteiger partial charge in [-0.1, -0.05) is 60.7 Å². The Kier molecular flexibility index (Phi) is 6.54. The molecule has 0 saturated heterocycles. The van der Waals surface area contributed by atoms with Crippen molar-refractivity contribution in [2.45, 2.75) is 38.0 Å². The van der Waals surface area contributed by atoms with Crippen molar-refractivity contribution >= 4 is 0 Å². The molecule has 0 radical (unpaired) electrons. The van der Waals surface area contributed by atoms with Crippen LogP contribution in [0.4, 0.5) is 26.3 Å². The van der Waals surface area contributed by atoms with Crippen LogP contribution in [0.1, 0.15) is 17.5 Å². The molecule has 0 aliphatic rings. The largest absolute Gasteiger partial charge is 0.568 e. The highest BCUT2D eigenvalue weighted by Crippen LogP contribution is 2.44. The van der Waals surface area contributed by atoms with Gasteiger partial charge in [0.05, 0.1) is 6.54 Å². The Morgan fingerprint density at radius 2 is 1.19 bits per heavy atom. The van der Waals surface area contributed by atoms with Gasteiger partial charge in [0.2, 0.25) is 0 Å². The maximum Gasteiger partial charge on any atom is 0.568 e. The van der Waals surface area contributed by atoms with Crippen molar-refractivity contribution in [2.75, 3.05) is 6.54 Å². The minimum absolute atomic E-state index is 0.0382. The summed E-state index contributed by atoms with van der Waals surface area (Å²) in [5, 5.41) is 0. The molecule has 0 heterocycles. The Labute approximate surface area is 153 Å². The third kappa shape index (κ3) is 5.23. The second kappa shape index (κ2) is 8.31. The number of alkyl halides is 6. The summed E-state index contributed by atoms with van der Waals surface area (Å²) in [6.45, 7) is -2.39. The Morgan fingerprint density at radius 1 is 0.741 bits per heavy atom. The molecule has 2 aromatic carbocycles. The first kappa shape index (κ1) is 21.2. The summed E-state index contributed by atoms with van der Waals surface area (Å²) in [4.78, 5) is 0. The quantitative estimate of drug-likeness (QED) is 0.401. The number of benzene rings is 2. The van der Waals surface area contributed by atoms with Crippen LogP contribution < -0.4 is 5.73 Å². The zero-order chi connectivity index (χ0) is 20.1. The molecule has 0 saturated carbocycles. The van der Waals surface area contributed by atoms with E-state index in [0.717, 1.165) is 5.56 Å². The van der Waals surface area contributed by atoms with Gasteiger partial charge >= 0.3 is 12.6 Å². The average molecular weight is 391 g/mol. The molecule has 0 aromatic heterocycles. The number of rotatable bonds is 7. The zero-order valence-corrected chi connectivity index (χ0v) is 14.5. The van der Waals surface area contributed by atoms with E-state index >= 15 is 0 Å². The lowest BCUT2D eigenvalue weighted by molar-refractivity contribution is -1.12. The van der Waals surface area contributed by atoms with Crippen molar-refractivity contribution in [3.63, 3.8) is 0 Å².